The number of hydrogen-bond donors (Lipinski definition) is 0. The van der Waals surface area contributed by atoms with Gasteiger partial charge in [-0.15, -0.1) is 0 Å². The van der Waals surface area contributed by atoms with E-state index in [4.69, 9.17) is 3.25 Å². The van der Waals surface area contributed by atoms with Crippen molar-refractivity contribution in [2.24, 2.45) is 0 Å². The fourth-order valence-corrected chi connectivity index (χ4v) is 0. The van der Waals surface area contributed by atoms with E-state index >= 15 is 0 Å². The summed E-state index contributed by atoms with van der Waals surface area (Å²) in [5.41, 5.74) is 0. The molecule has 0 saturated carbocycles. The molecule has 0 bridgehead atoms. The molecule has 0 aliphatic rings. The van der Waals surface area contributed by atoms with Crippen LogP contribution >= 0.6 is 65.0 Å². The molecule has 2 nitrogen and oxygen atoms in total. The van der Waals surface area contributed by atoms with E-state index in [1.54, 1.807) is 67.1 Å². The summed E-state index contributed by atoms with van der Waals surface area (Å²) in [5.74, 6) is 0. The quantitative estimate of drug-likeness (QED) is 0.271. The van der Waals surface area contributed by atoms with Gasteiger partial charge in [-0.2, -0.15) is 0 Å². The first-order valence-electron chi connectivity index (χ1n) is 0.546. The van der Waals surface area contributed by atoms with Crippen LogP contribution in [-0.2, 0) is 59.7 Å². The van der Waals surface area contributed by atoms with E-state index in [1.165, 1.54) is 0 Å². The minimum atomic E-state index is 0. The molecule has 0 amide bonds. The van der Waals surface area contributed by atoms with Crippen LogP contribution in [0.4, 0.5) is 0 Å². The molecule has 0 aromatic rings. The molecule has 0 spiro atoms. The molecule has 0 aromatic heterocycles. The Morgan fingerprint density at radius 3 is 1.11 bits per heavy atom. The molecular weight excluding hydrogens is 896 g/mol. The van der Waals surface area contributed by atoms with Crippen molar-refractivity contribution in [3.8, 4) is 0 Å². The van der Waals surface area contributed by atoms with Crippen molar-refractivity contribution in [3.63, 3.8) is 0 Å². The van der Waals surface area contributed by atoms with Crippen LogP contribution in [0, 0.1) is 0 Å². The van der Waals surface area contributed by atoms with Crippen molar-refractivity contribution < 1.29 is 59.7 Å². The number of rotatable bonds is 0. The molecule has 1 radical (unpaired) electrons. The van der Waals surface area contributed by atoms with Crippen molar-refractivity contribution in [1.82, 2.24) is 0 Å². The van der Waals surface area contributed by atoms with E-state index in [9.17, 15) is 0 Å². The number of hydrogen-bond acceptors (Lipinski definition) is 2. The van der Waals surface area contributed by atoms with Gasteiger partial charge in [0.2, 0.25) is 0 Å². The molecule has 0 atom stereocenters. The third-order valence-electron chi connectivity index (χ3n) is 0. The van der Waals surface area contributed by atoms with Crippen molar-refractivity contribution in [2.75, 3.05) is 0 Å². The zero-order valence-electron chi connectivity index (χ0n) is 3.59. The molecular formula is H3Ag2BiCoI3O2. The van der Waals surface area contributed by atoms with Gasteiger partial charge in [0.05, 0.1) is 0 Å². The second-order valence-corrected chi connectivity index (χ2v) is 2.62. The maximum atomic E-state index is 8.06. The Bertz CT molecular complexity index is 23.8. The van der Waals surface area contributed by atoms with E-state index in [-0.39, 0.29) is 43.0 Å². The summed E-state index contributed by atoms with van der Waals surface area (Å²) in [6.07, 6.45) is 0. The zero-order valence-corrected chi connectivity index (χ0v) is 19.6. The normalized spacial score (nSPS) is 3.44. The predicted molar refractivity (Wildman–Crippen MR) is 53.8 cm³/mol. The van der Waals surface area contributed by atoms with Gasteiger partial charge in [-0.25, -0.2) is 1.40 Å². The summed E-state index contributed by atoms with van der Waals surface area (Å²) in [4.78, 5) is 0. The molecule has 9 heteroatoms. The van der Waals surface area contributed by atoms with Crippen LogP contribution in [0.1, 0.15) is 0 Å². The summed E-state index contributed by atoms with van der Waals surface area (Å²) < 4.78 is 12.2. The summed E-state index contributed by atoms with van der Waals surface area (Å²) in [6.45, 7) is 0. The Morgan fingerprint density at radius 2 is 1.11 bits per heavy atom. The monoisotopic (exact) mass is 897 g/mol. The van der Waals surface area contributed by atoms with E-state index in [0.717, 1.165) is 0 Å². The van der Waals surface area contributed by atoms with Gasteiger partial charge in [0, 0.05) is 16.8 Å². The summed E-state index contributed by atoms with van der Waals surface area (Å²) in [6, 6.07) is 0. The van der Waals surface area contributed by atoms with Gasteiger partial charge in [0.25, 0.3) is 0 Å². The SMILES string of the molecule is IOI.[Ag][I].[BiH3].[Co].[O]=[Ag]. The zero-order chi connectivity index (χ0) is 6.71. The van der Waals surface area contributed by atoms with Crippen LogP contribution in [0.15, 0.2) is 0 Å². The van der Waals surface area contributed by atoms with Gasteiger partial charge in [0.1, 0.15) is 46.0 Å². The molecule has 0 saturated heterocycles. The second-order valence-electron chi connectivity index (χ2n) is 0.0583. The summed E-state index contributed by atoms with van der Waals surface area (Å²) in [7, 11) is 0. The van der Waals surface area contributed by atoms with Crippen molar-refractivity contribution in [1.29, 1.82) is 0 Å². The maximum absolute atomic E-state index is 8.06. The standard InChI is InChI=1S/2Ag.Bi.Co.I2O.HI.O.3H/c;;;;1-3-2;;;;;/h;;;;;1H;;;;/q;+1;;;;;;;;/p-1. The Kier molecular flexibility index (Phi) is 172. The van der Waals surface area contributed by atoms with Crippen LogP contribution < -0.4 is 0 Å². The molecule has 0 aliphatic carbocycles. The first-order chi connectivity index (χ1) is 3.41. The molecule has 0 aliphatic heterocycles. The van der Waals surface area contributed by atoms with Gasteiger partial charge < -0.3 is 0 Å². The molecule has 0 rings (SSSR count). The van der Waals surface area contributed by atoms with Crippen LogP contribution in [0.5, 0.6) is 0 Å². The molecule has 0 unspecified atom stereocenters. The Labute approximate surface area is 147 Å². The van der Waals surface area contributed by atoms with Gasteiger partial charge in [-0.3, -0.25) is 0 Å². The van der Waals surface area contributed by atoms with E-state index < -0.39 is 0 Å². The van der Waals surface area contributed by atoms with Gasteiger partial charge in [-0.05, 0) is 0 Å². The van der Waals surface area contributed by atoms with E-state index in [1.807, 2.05) is 19.0 Å². The Hall–Kier alpha value is 4.82. The average Bonchev–Trinajstić information content (AvgIpc) is 1.78. The van der Waals surface area contributed by atoms with Crippen LogP contribution in [-0.4, -0.2) is 26.2 Å². The molecule has 9 heavy (non-hydrogen) atoms. The number of halogens is 3. The van der Waals surface area contributed by atoms with Gasteiger partial charge in [-0.1, -0.05) is 0 Å². The van der Waals surface area contributed by atoms with E-state index in [2.05, 4.69) is 18.6 Å². The molecule has 72 valence electrons. The van der Waals surface area contributed by atoms with Crippen molar-refractivity contribution in [2.45, 2.75) is 0 Å². The third kappa shape index (κ3) is 64.6. The van der Waals surface area contributed by atoms with E-state index in [0.29, 0.717) is 0 Å². The minimum absolute atomic E-state index is 0. The molecule has 0 N–H and O–H groups in total. The first-order valence-corrected chi connectivity index (χ1v) is 7.32. The predicted octanol–water partition coefficient (Wildman–Crippen LogP) is 1.28. The average molecular weight is 899 g/mol. The Morgan fingerprint density at radius 1 is 1.11 bits per heavy atom. The molecule has 0 aromatic carbocycles. The summed E-state index contributed by atoms with van der Waals surface area (Å²) >= 11 is 10.1. The fraction of sp³-hybridized carbons (Fsp3) is 0. The van der Waals surface area contributed by atoms with Crippen LogP contribution in [0.25, 0.3) is 0 Å². The van der Waals surface area contributed by atoms with Gasteiger partial charge in [0.15, 0.2) is 0 Å². The van der Waals surface area contributed by atoms with Crippen LogP contribution in [0.3, 0.4) is 0 Å². The van der Waals surface area contributed by atoms with Crippen molar-refractivity contribution >= 4 is 91.2 Å². The molecule has 0 fully saturated rings. The topological polar surface area (TPSA) is 26.3 Å². The van der Waals surface area contributed by atoms with Crippen molar-refractivity contribution in [3.05, 3.63) is 0 Å². The Balaban J connectivity index is -0.00000000825. The second kappa shape index (κ2) is 52.9. The first kappa shape index (κ1) is 29.2. The molecule has 0 heterocycles. The summed E-state index contributed by atoms with van der Waals surface area (Å²) in [5, 5.41) is 0. The van der Waals surface area contributed by atoms with Gasteiger partial charge >= 0.3 is 86.8 Å². The third-order valence-corrected chi connectivity index (χ3v) is 0. The van der Waals surface area contributed by atoms with Crippen LogP contribution in [0.2, 0.25) is 0 Å². The fourth-order valence-electron chi connectivity index (χ4n) is 0.